The van der Waals surface area contributed by atoms with Crippen molar-refractivity contribution < 1.29 is 4.79 Å². The number of hydrogen-bond acceptors (Lipinski definition) is 3. The SMILES string of the molecule is CCc1ccccc1NC(=O)Cn1ccnc(C)c1=O. The Kier molecular flexibility index (Phi) is 4.30. The van der Waals surface area contributed by atoms with Crippen LogP contribution in [0.15, 0.2) is 41.5 Å². The summed E-state index contributed by atoms with van der Waals surface area (Å²) in [6.45, 7) is 3.64. The molecule has 0 saturated carbocycles. The molecular formula is C15H17N3O2. The van der Waals surface area contributed by atoms with Gasteiger partial charge < -0.3 is 9.88 Å². The van der Waals surface area contributed by atoms with E-state index in [1.807, 2.05) is 31.2 Å². The van der Waals surface area contributed by atoms with Crippen LogP contribution in [0.25, 0.3) is 0 Å². The molecule has 0 unspecified atom stereocenters. The number of nitrogens with zero attached hydrogens (tertiary/aromatic N) is 2. The van der Waals surface area contributed by atoms with E-state index < -0.39 is 0 Å². The monoisotopic (exact) mass is 271 g/mol. The van der Waals surface area contributed by atoms with Crippen LogP contribution in [0.5, 0.6) is 0 Å². The Hall–Kier alpha value is -2.43. The van der Waals surface area contributed by atoms with E-state index in [1.165, 1.54) is 17.0 Å². The minimum absolute atomic E-state index is 0.0136. The molecule has 0 spiro atoms. The van der Waals surface area contributed by atoms with Gasteiger partial charge >= 0.3 is 0 Å². The summed E-state index contributed by atoms with van der Waals surface area (Å²) < 4.78 is 1.35. The van der Waals surface area contributed by atoms with Crippen LogP contribution in [0.3, 0.4) is 0 Å². The van der Waals surface area contributed by atoms with Crippen LogP contribution in [-0.2, 0) is 17.8 Å². The van der Waals surface area contributed by atoms with Gasteiger partial charge in [0.05, 0.1) is 0 Å². The molecule has 0 aliphatic rings. The Morgan fingerprint density at radius 3 is 2.85 bits per heavy atom. The first-order valence-corrected chi connectivity index (χ1v) is 6.51. The van der Waals surface area contributed by atoms with Gasteiger partial charge in [-0.05, 0) is 25.0 Å². The Morgan fingerprint density at radius 2 is 2.10 bits per heavy atom. The average Bonchev–Trinajstić information content (AvgIpc) is 2.44. The van der Waals surface area contributed by atoms with Crippen LogP contribution in [-0.4, -0.2) is 15.5 Å². The van der Waals surface area contributed by atoms with Crippen LogP contribution in [0.2, 0.25) is 0 Å². The molecule has 1 heterocycles. The number of benzene rings is 1. The highest BCUT2D eigenvalue weighted by molar-refractivity contribution is 5.91. The van der Waals surface area contributed by atoms with Gasteiger partial charge in [0.15, 0.2) is 0 Å². The van der Waals surface area contributed by atoms with Gasteiger partial charge in [0, 0.05) is 18.1 Å². The molecule has 1 aromatic heterocycles. The maximum Gasteiger partial charge on any atom is 0.272 e. The minimum atomic E-state index is -0.244. The van der Waals surface area contributed by atoms with E-state index in [-0.39, 0.29) is 18.0 Å². The van der Waals surface area contributed by atoms with Gasteiger partial charge in [0.1, 0.15) is 12.2 Å². The van der Waals surface area contributed by atoms with Crippen molar-refractivity contribution in [1.82, 2.24) is 9.55 Å². The van der Waals surface area contributed by atoms with Crippen molar-refractivity contribution in [3.05, 3.63) is 58.3 Å². The van der Waals surface area contributed by atoms with Crippen LogP contribution in [0.1, 0.15) is 18.2 Å². The predicted molar refractivity (Wildman–Crippen MR) is 77.7 cm³/mol. The van der Waals surface area contributed by atoms with E-state index in [9.17, 15) is 9.59 Å². The number of nitrogens with one attached hydrogen (secondary N) is 1. The van der Waals surface area contributed by atoms with Crippen molar-refractivity contribution in [3.8, 4) is 0 Å². The first-order chi connectivity index (χ1) is 9.61. The van der Waals surface area contributed by atoms with Crippen molar-refractivity contribution >= 4 is 11.6 Å². The molecule has 5 nitrogen and oxygen atoms in total. The molecule has 2 rings (SSSR count). The molecule has 1 aromatic carbocycles. The first kappa shape index (κ1) is 14.0. The summed E-state index contributed by atoms with van der Waals surface area (Å²) in [4.78, 5) is 27.7. The Labute approximate surface area is 117 Å². The van der Waals surface area contributed by atoms with Gasteiger partial charge in [0.2, 0.25) is 5.91 Å². The molecule has 5 heteroatoms. The van der Waals surface area contributed by atoms with E-state index in [4.69, 9.17) is 0 Å². The third-order valence-electron chi connectivity index (χ3n) is 3.07. The molecule has 2 aromatic rings. The summed E-state index contributed by atoms with van der Waals surface area (Å²) in [6.07, 6.45) is 3.87. The smallest absolute Gasteiger partial charge is 0.272 e. The maximum atomic E-state index is 12.0. The molecule has 0 aliphatic heterocycles. The molecule has 0 fully saturated rings. The number of hydrogen-bond donors (Lipinski definition) is 1. The topological polar surface area (TPSA) is 64.0 Å². The third kappa shape index (κ3) is 3.12. The van der Waals surface area contributed by atoms with E-state index >= 15 is 0 Å². The number of carbonyl (C=O) groups is 1. The zero-order valence-corrected chi connectivity index (χ0v) is 11.6. The van der Waals surface area contributed by atoms with Crippen LogP contribution in [0, 0.1) is 6.92 Å². The summed E-state index contributed by atoms with van der Waals surface area (Å²) in [5.74, 6) is -0.224. The fourth-order valence-electron chi connectivity index (χ4n) is 1.98. The molecule has 0 atom stereocenters. The van der Waals surface area contributed by atoms with Crippen molar-refractivity contribution in [2.24, 2.45) is 0 Å². The van der Waals surface area contributed by atoms with Crippen LogP contribution >= 0.6 is 0 Å². The van der Waals surface area contributed by atoms with Crippen LogP contribution < -0.4 is 10.9 Å². The molecule has 0 aliphatic carbocycles. The van der Waals surface area contributed by atoms with Crippen molar-refractivity contribution in [2.45, 2.75) is 26.8 Å². The average molecular weight is 271 g/mol. The van der Waals surface area contributed by atoms with Crippen molar-refractivity contribution in [1.29, 1.82) is 0 Å². The second-order valence-corrected chi connectivity index (χ2v) is 4.50. The van der Waals surface area contributed by atoms with Gasteiger partial charge in [-0.3, -0.25) is 14.6 Å². The molecular weight excluding hydrogens is 254 g/mol. The number of rotatable bonds is 4. The van der Waals surface area contributed by atoms with Crippen molar-refractivity contribution in [3.63, 3.8) is 0 Å². The Morgan fingerprint density at radius 1 is 1.35 bits per heavy atom. The van der Waals surface area contributed by atoms with Gasteiger partial charge in [0.25, 0.3) is 5.56 Å². The highest BCUT2D eigenvalue weighted by atomic mass is 16.2. The lowest BCUT2D eigenvalue weighted by atomic mass is 10.1. The number of aromatic nitrogens is 2. The highest BCUT2D eigenvalue weighted by Gasteiger charge is 2.08. The molecule has 104 valence electrons. The Bertz CT molecular complexity index is 677. The molecule has 1 amide bonds. The lowest BCUT2D eigenvalue weighted by molar-refractivity contribution is -0.116. The fraction of sp³-hybridized carbons (Fsp3) is 0.267. The van der Waals surface area contributed by atoms with Gasteiger partial charge in [-0.25, -0.2) is 0 Å². The lowest BCUT2D eigenvalue weighted by Gasteiger charge is -2.10. The molecule has 20 heavy (non-hydrogen) atoms. The summed E-state index contributed by atoms with van der Waals surface area (Å²) in [5.41, 5.74) is 2.00. The summed E-state index contributed by atoms with van der Waals surface area (Å²) in [6, 6.07) is 7.64. The first-order valence-electron chi connectivity index (χ1n) is 6.51. The zero-order valence-electron chi connectivity index (χ0n) is 11.6. The minimum Gasteiger partial charge on any atom is -0.324 e. The van der Waals surface area contributed by atoms with Crippen LogP contribution in [0.4, 0.5) is 5.69 Å². The molecule has 0 saturated heterocycles. The van der Waals surface area contributed by atoms with E-state index in [0.29, 0.717) is 5.69 Å². The fourth-order valence-corrected chi connectivity index (χ4v) is 1.98. The zero-order chi connectivity index (χ0) is 14.5. The predicted octanol–water partition coefficient (Wildman–Crippen LogP) is 1.75. The number of aryl methyl sites for hydroxylation is 2. The lowest BCUT2D eigenvalue weighted by Crippen LogP contribution is -2.29. The number of anilines is 1. The number of carbonyl (C=O) groups excluding carboxylic acids is 1. The van der Waals surface area contributed by atoms with Crippen molar-refractivity contribution in [2.75, 3.05) is 5.32 Å². The largest absolute Gasteiger partial charge is 0.324 e. The number of para-hydroxylation sites is 1. The standard InChI is InChI=1S/C15H17N3O2/c1-3-12-6-4-5-7-13(12)17-14(19)10-18-9-8-16-11(2)15(18)20/h4-9H,3,10H2,1-2H3,(H,17,19). The highest BCUT2D eigenvalue weighted by Crippen LogP contribution is 2.15. The number of amides is 1. The summed E-state index contributed by atoms with van der Waals surface area (Å²) >= 11 is 0. The maximum absolute atomic E-state index is 12.0. The molecule has 0 radical (unpaired) electrons. The normalized spacial score (nSPS) is 10.3. The second-order valence-electron chi connectivity index (χ2n) is 4.50. The van der Waals surface area contributed by atoms with Gasteiger partial charge in [-0.1, -0.05) is 25.1 Å². The van der Waals surface area contributed by atoms with E-state index in [1.54, 1.807) is 6.92 Å². The molecule has 0 bridgehead atoms. The quantitative estimate of drug-likeness (QED) is 0.921. The van der Waals surface area contributed by atoms with Gasteiger partial charge in [-0.2, -0.15) is 0 Å². The molecule has 1 N–H and O–H groups in total. The summed E-state index contributed by atoms with van der Waals surface area (Å²) in [7, 11) is 0. The second kappa shape index (κ2) is 6.14. The van der Waals surface area contributed by atoms with E-state index in [0.717, 1.165) is 17.7 Å². The van der Waals surface area contributed by atoms with Gasteiger partial charge in [-0.15, -0.1) is 0 Å². The van der Waals surface area contributed by atoms with E-state index in [2.05, 4.69) is 10.3 Å². The Balaban J connectivity index is 2.13. The third-order valence-corrected chi connectivity index (χ3v) is 3.07. The summed E-state index contributed by atoms with van der Waals surface area (Å²) in [5, 5.41) is 2.84.